The molecule has 0 spiro atoms. The Bertz CT molecular complexity index is 1120. The summed E-state index contributed by atoms with van der Waals surface area (Å²) in [4.78, 5) is 15.7. The van der Waals surface area contributed by atoms with Crippen LogP contribution in [-0.4, -0.2) is 36.0 Å². The monoisotopic (exact) mass is 375 g/mol. The Morgan fingerprint density at radius 1 is 1.23 bits per heavy atom. The van der Waals surface area contributed by atoms with Crippen LogP contribution in [0.15, 0.2) is 49.0 Å². The lowest BCUT2D eigenvalue weighted by atomic mass is 10.00. The van der Waals surface area contributed by atoms with E-state index in [1.807, 2.05) is 0 Å². The SMILES string of the molecule is Cc1noc(C2CCCN(S(=O)(=O)c3ccc4oc(=O)ccc4c3)C2)n1. The van der Waals surface area contributed by atoms with E-state index in [2.05, 4.69) is 10.1 Å². The van der Waals surface area contributed by atoms with Crippen LogP contribution in [0.4, 0.5) is 0 Å². The average molecular weight is 375 g/mol. The Morgan fingerprint density at radius 2 is 2.08 bits per heavy atom. The normalized spacial score (nSPS) is 19.0. The maximum Gasteiger partial charge on any atom is 0.336 e. The summed E-state index contributed by atoms with van der Waals surface area (Å²) in [5, 5.41) is 4.35. The molecule has 3 aromatic rings. The molecule has 0 aliphatic carbocycles. The second-order valence-corrected chi connectivity index (χ2v) is 8.27. The van der Waals surface area contributed by atoms with E-state index in [9.17, 15) is 13.2 Å². The van der Waals surface area contributed by atoms with Gasteiger partial charge in [0.25, 0.3) is 0 Å². The number of aromatic nitrogens is 2. The van der Waals surface area contributed by atoms with Crippen molar-refractivity contribution in [1.82, 2.24) is 14.4 Å². The number of sulfonamides is 1. The van der Waals surface area contributed by atoms with E-state index < -0.39 is 15.6 Å². The standard InChI is InChI=1S/C17H17N3O5S/c1-11-18-17(25-19-11)13-3-2-8-20(10-13)26(22,23)14-5-6-15-12(9-14)4-7-16(21)24-15/h4-7,9,13H,2-3,8,10H2,1H3. The van der Waals surface area contributed by atoms with Crippen LogP contribution in [-0.2, 0) is 10.0 Å². The van der Waals surface area contributed by atoms with Gasteiger partial charge in [-0.05, 0) is 44.0 Å². The summed E-state index contributed by atoms with van der Waals surface area (Å²) >= 11 is 0. The summed E-state index contributed by atoms with van der Waals surface area (Å²) in [5.74, 6) is 0.900. The van der Waals surface area contributed by atoms with E-state index in [1.165, 1.54) is 28.6 Å². The van der Waals surface area contributed by atoms with Gasteiger partial charge in [-0.3, -0.25) is 0 Å². The van der Waals surface area contributed by atoms with Crippen LogP contribution >= 0.6 is 0 Å². The fourth-order valence-corrected chi connectivity index (χ4v) is 4.76. The summed E-state index contributed by atoms with van der Waals surface area (Å²) in [5.41, 5.74) is -0.115. The van der Waals surface area contributed by atoms with Crippen LogP contribution in [0.3, 0.4) is 0 Å². The summed E-state index contributed by atoms with van der Waals surface area (Å²) in [6.07, 6.45) is 1.52. The van der Waals surface area contributed by atoms with Crippen LogP contribution < -0.4 is 5.63 Å². The van der Waals surface area contributed by atoms with E-state index >= 15 is 0 Å². The van der Waals surface area contributed by atoms with Crippen molar-refractivity contribution in [2.75, 3.05) is 13.1 Å². The van der Waals surface area contributed by atoms with Gasteiger partial charge in [0.15, 0.2) is 5.82 Å². The predicted molar refractivity (Wildman–Crippen MR) is 92.3 cm³/mol. The van der Waals surface area contributed by atoms with Gasteiger partial charge < -0.3 is 8.94 Å². The number of rotatable bonds is 3. The second kappa shape index (κ2) is 6.33. The number of aryl methyl sites for hydroxylation is 1. The number of hydrogen-bond acceptors (Lipinski definition) is 7. The lowest BCUT2D eigenvalue weighted by Gasteiger charge is -2.30. The average Bonchev–Trinajstić information content (AvgIpc) is 3.08. The van der Waals surface area contributed by atoms with Gasteiger partial charge in [0, 0.05) is 24.5 Å². The smallest absolute Gasteiger partial charge is 0.336 e. The van der Waals surface area contributed by atoms with Crippen molar-refractivity contribution in [3.63, 3.8) is 0 Å². The van der Waals surface area contributed by atoms with Crippen molar-refractivity contribution in [1.29, 1.82) is 0 Å². The van der Waals surface area contributed by atoms with Crippen molar-refractivity contribution in [3.8, 4) is 0 Å². The Labute approximate surface area is 149 Å². The molecule has 26 heavy (non-hydrogen) atoms. The zero-order valence-corrected chi connectivity index (χ0v) is 14.9. The van der Waals surface area contributed by atoms with Gasteiger partial charge >= 0.3 is 5.63 Å². The molecule has 0 bridgehead atoms. The van der Waals surface area contributed by atoms with Crippen molar-refractivity contribution < 1.29 is 17.4 Å². The topological polar surface area (TPSA) is 107 Å². The minimum absolute atomic E-state index is 0.113. The van der Waals surface area contributed by atoms with Crippen molar-refractivity contribution in [2.45, 2.75) is 30.6 Å². The zero-order valence-electron chi connectivity index (χ0n) is 14.1. The molecule has 1 saturated heterocycles. The van der Waals surface area contributed by atoms with E-state index in [1.54, 1.807) is 13.0 Å². The number of piperidine rings is 1. The molecule has 0 N–H and O–H groups in total. The van der Waals surface area contributed by atoms with Crippen molar-refractivity contribution in [3.05, 3.63) is 52.5 Å². The van der Waals surface area contributed by atoms with Crippen LogP contribution in [0.2, 0.25) is 0 Å². The molecule has 1 fully saturated rings. The van der Waals surface area contributed by atoms with Crippen molar-refractivity contribution >= 4 is 21.0 Å². The highest BCUT2D eigenvalue weighted by atomic mass is 32.2. The van der Waals surface area contributed by atoms with Crippen LogP contribution in [0, 0.1) is 6.92 Å². The van der Waals surface area contributed by atoms with E-state index in [0.29, 0.717) is 42.2 Å². The quantitative estimate of drug-likeness (QED) is 0.645. The molecule has 1 unspecified atom stereocenters. The summed E-state index contributed by atoms with van der Waals surface area (Å²) in [6, 6.07) is 7.31. The highest BCUT2D eigenvalue weighted by Crippen LogP contribution is 2.30. The van der Waals surface area contributed by atoms with Gasteiger partial charge in [0.2, 0.25) is 15.9 Å². The zero-order chi connectivity index (χ0) is 18.3. The summed E-state index contributed by atoms with van der Waals surface area (Å²) in [6.45, 7) is 2.47. The summed E-state index contributed by atoms with van der Waals surface area (Å²) in [7, 11) is -3.67. The Kier molecular flexibility index (Phi) is 4.12. The first-order valence-electron chi connectivity index (χ1n) is 8.28. The van der Waals surface area contributed by atoms with Crippen molar-refractivity contribution in [2.24, 2.45) is 0 Å². The largest absolute Gasteiger partial charge is 0.423 e. The Morgan fingerprint density at radius 3 is 2.85 bits per heavy atom. The molecule has 1 aliphatic heterocycles. The lowest BCUT2D eigenvalue weighted by Crippen LogP contribution is -2.39. The fourth-order valence-electron chi connectivity index (χ4n) is 3.20. The van der Waals surface area contributed by atoms with E-state index in [0.717, 1.165) is 6.42 Å². The van der Waals surface area contributed by atoms with Gasteiger partial charge in [-0.1, -0.05) is 5.16 Å². The fraction of sp³-hybridized carbons (Fsp3) is 0.353. The second-order valence-electron chi connectivity index (χ2n) is 6.34. The minimum Gasteiger partial charge on any atom is -0.423 e. The molecule has 9 heteroatoms. The van der Waals surface area contributed by atoms with Gasteiger partial charge in [-0.25, -0.2) is 13.2 Å². The first kappa shape index (κ1) is 16.9. The molecule has 1 aliphatic rings. The first-order chi connectivity index (χ1) is 12.4. The minimum atomic E-state index is -3.67. The van der Waals surface area contributed by atoms with Crippen LogP contribution in [0.1, 0.15) is 30.5 Å². The molecule has 0 saturated carbocycles. The number of nitrogens with zero attached hydrogens (tertiary/aromatic N) is 3. The molecular weight excluding hydrogens is 358 g/mol. The first-order valence-corrected chi connectivity index (χ1v) is 9.72. The van der Waals surface area contributed by atoms with E-state index in [4.69, 9.17) is 8.94 Å². The number of benzene rings is 1. The van der Waals surface area contributed by atoms with Crippen LogP contribution in [0.5, 0.6) is 0 Å². The van der Waals surface area contributed by atoms with Gasteiger partial charge in [0.1, 0.15) is 5.58 Å². The maximum atomic E-state index is 13.0. The molecule has 0 amide bonds. The lowest BCUT2D eigenvalue weighted by molar-refractivity contribution is 0.265. The molecule has 2 aromatic heterocycles. The number of fused-ring (bicyclic) bond motifs is 1. The van der Waals surface area contributed by atoms with Gasteiger partial charge in [0.05, 0.1) is 10.8 Å². The highest BCUT2D eigenvalue weighted by molar-refractivity contribution is 7.89. The third-order valence-corrected chi connectivity index (χ3v) is 6.37. The third kappa shape index (κ3) is 3.04. The molecule has 1 atom stereocenters. The molecular formula is C17H17N3O5S. The number of hydrogen-bond donors (Lipinski definition) is 0. The summed E-state index contributed by atoms with van der Waals surface area (Å²) < 4.78 is 37.8. The molecule has 1 aromatic carbocycles. The van der Waals surface area contributed by atoms with Crippen LogP contribution in [0.25, 0.3) is 11.0 Å². The molecule has 0 radical (unpaired) electrons. The third-order valence-electron chi connectivity index (χ3n) is 4.51. The van der Waals surface area contributed by atoms with E-state index in [-0.39, 0.29) is 10.8 Å². The maximum absolute atomic E-state index is 13.0. The molecule has 4 rings (SSSR count). The molecule has 136 valence electrons. The van der Waals surface area contributed by atoms with Gasteiger partial charge in [-0.2, -0.15) is 9.29 Å². The Balaban J connectivity index is 1.65. The highest BCUT2D eigenvalue weighted by Gasteiger charge is 2.33. The van der Waals surface area contributed by atoms with Gasteiger partial charge in [-0.15, -0.1) is 0 Å². The predicted octanol–water partition coefficient (Wildman–Crippen LogP) is 2.05. The molecule has 8 nitrogen and oxygen atoms in total. The molecule has 3 heterocycles. The Hall–Kier alpha value is -2.52.